The highest BCUT2D eigenvalue weighted by atomic mass is 16.5. The number of piperidine rings is 1. The van der Waals surface area contributed by atoms with Crippen LogP contribution in [0.2, 0.25) is 0 Å². The van der Waals surface area contributed by atoms with Crippen molar-refractivity contribution in [2.75, 3.05) is 13.1 Å². The second-order valence-corrected chi connectivity index (χ2v) is 7.11. The third kappa shape index (κ3) is 3.83. The lowest BCUT2D eigenvalue weighted by molar-refractivity contribution is -0.140. The molecule has 0 aromatic carbocycles. The Labute approximate surface area is 138 Å². The van der Waals surface area contributed by atoms with E-state index in [0.29, 0.717) is 5.88 Å². The Hall–Kier alpha value is -1.62. The van der Waals surface area contributed by atoms with Crippen LogP contribution in [0.5, 0.6) is 5.88 Å². The monoisotopic (exact) mass is 317 g/mol. The first-order chi connectivity index (χ1) is 11.1. The minimum absolute atomic E-state index is 0.0236. The Morgan fingerprint density at radius 3 is 2.74 bits per heavy atom. The van der Waals surface area contributed by atoms with Gasteiger partial charge in [-0.3, -0.25) is 4.79 Å². The molecule has 2 aliphatic rings. The van der Waals surface area contributed by atoms with Crippen LogP contribution in [0.4, 0.5) is 0 Å². The van der Waals surface area contributed by atoms with Crippen molar-refractivity contribution in [3.8, 4) is 5.88 Å². The molecule has 2 N–H and O–H groups in total. The van der Waals surface area contributed by atoms with Gasteiger partial charge in [0.2, 0.25) is 11.8 Å². The molecule has 126 valence electrons. The van der Waals surface area contributed by atoms with Gasteiger partial charge in [-0.15, -0.1) is 0 Å². The van der Waals surface area contributed by atoms with Crippen LogP contribution >= 0.6 is 0 Å². The van der Waals surface area contributed by atoms with E-state index >= 15 is 0 Å². The number of carbonyl (C=O) groups excluding carboxylic acids is 1. The minimum atomic E-state index is -0.351. The fourth-order valence-corrected chi connectivity index (χ4v) is 3.77. The van der Waals surface area contributed by atoms with E-state index in [0.717, 1.165) is 51.6 Å². The summed E-state index contributed by atoms with van der Waals surface area (Å²) in [4.78, 5) is 19.0. The number of nitrogens with zero attached hydrogens (tertiary/aromatic N) is 2. The molecule has 5 nitrogen and oxygen atoms in total. The summed E-state index contributed by atoms with van der Waals surface area (Å²) in [5.74, 6) is 0.884. The second kappa shape index (κ2) is 6.87. The molecule has 1 amide bonds. The van der Waals surface area contributed by atoms with Crippen molar-refractivity contribution in [1.82, 2.24) is 9.88 Å². The van der Waals surface area contributed by atoms with E-state index in [1.165, 1.54) is 0 Å². The maximum absolute atomic E-state index is 12.8. The van der Waals surface area contributed by atoms with E-state index in [-0.39, 0.29) is 23.5 Å². The number of nitrogens with two attached hydrogens (primary N) is 1. The lowest BCUT2D eigenvalue weighted by atomic mass is 9.74. The lowest BCUT2D eigenvalue weighted by Crippen LogP contribution is -2.55. The van der Waals surface area contributed by atoms with Gasteiger partial charge < -0.3 is 15.4 Å². The number of ether oxygens (including phenoxy) is 1. The van der Waals surface area contributed by atoms with Gasteiger partial charge in [-0.05, 0) is 25.8 Å². The van der Waals surface area contributed by atoms with Gasteiger partial charge in [0.1, 0.15) is 6.10 Å². The molecule has 2 atom stereocenters. The van der Waals surface area contributed by atoms with E-state index < -0.39 is 0 Å². The fourth-order valence-electron chi connectivity index (χ4n) is 3.77. The smallest absolute Gasteiger partial charge is 0.227 e. The molecule has 2 unspecified atom stereocenters. The van der Waals surface area contributed by atoms with Gasteiger partial charge in [0.05, 0.1) is 5.92 Å². The third-order valence-electron chi connectivity index (χ3n) is 5.23. The number of hydrogen-bond donors (Lipinski definition) is 1. The van der Waals surface area contributed by atoms with Gasteiger partial charge >= 0.3 is 0 Å². The summed E-state index contributed by atoms with van der Waals surface area (Å²) in [5, 5.41) is 0. The van der Waals surface area contributed by atoms with E-state index in [4.69, 9.17) is 10.5 Å². The summed E-state index contributed by atoms with van der Waals surface area (Å²) in [6.07, 6.45) is 7.72. The van der Waals surface area contributed by atoms with Gasteiger partial charge in [0.25, 0.3) is 0 Å². The van der Waals surface area contributed by atoms with Crippen LogP contribution in [-0.4, -0.2) is 40.5 Å². The molecule has 23 heavy (non-hydrogen) atoms. The van der Waals surface area contributed by atoms with E-state index in [1.54, 1.807) is 6.20 Å². The highest BCUT2D eigenvalue weighted by Crippen LogP contribution is 2.33. The molecule has 3 rings (SSSR count). The molecule has 1 saturated carbocycles. The average molecular weight is 317 g/mol. The normalized spacial score (nSPS) is 29.3. The topological polar surface area (TPSA) is 68.5 Å². The molecule has 1 aliphatic heterocycles. The number of rotatable bonds is 3. The number of likely N-dealkylation sites (tertiary alicyclic amines) is 1. The van der Waals surface area contributed by atoms with Gasteiger partial charge in [-0.2, -0.15) is 0 Å². The Morgan fingerprint density at radius 2 is 2.09 bits per heavy atom. The van der Waals surface area contributed by atoms with Crippen molar-refractivity contribution >= 4 is 5.91 Å². The maximum Gasteiger partial charge on any atom is 0.227 e. The molecule has 2 heterocycles. The quantitative estimate of drug-likeness (QED) is 0.929. The molecule has 2 fully saturated rings. The summed E-state index contributed by atoms with van der Waals surface area (Å²) in [5.41, 5.74) is 6.03. The van der Waals surface area contributed by atoms with E-state index in [1.807, 2.05) is 30.0 Å². The Kier molecular flexibility index (Phi) is 4.85. The number of amides is 1. The van der Waals surface area contributed by atoms with Gasteiger partial charge in [0.15, 0.2) is 0 Å². The maximum atomic E-state index is 12.8. The molecular formula is C18H27N3O2. The first-order valence-corrected chi connectivity index (χ1v) is 8.71. The Bertz CT molecular complexity index is 524. The van der Waals surface area contributed by atoms with Gasteiger partial charge in [0, 0.05) is 43.7 Å². The largest absolute Gasteiger partial charge is 0.474 e. The molecular weight excluding hydrogens is 290 g/mol. The predicted octanol–water partition coefficient (Wildman–Crippen LogP) is 2.36. The van der Waals surface area contributed by atoms with Crippen molar-refractivity contribution in [2.24, 2.45) is 11.7 Å². The molecule has 0 radical (unpaired) electrons. The summed E-state index contributed by atoms with van der Waals surface area (Å²) in [6, 6.07) is 5.67. The van der Waals surface area contributed by atoms with Crippen LogP contribution in [-0.2, 0) is 4.79 Å². The Balaban J connectivity index is 1.53. The van der Waals surface area contributed by atoms with Crippen LogP contribution < -0.4 is 10.5 Å². The standard InChI is InChI=1S/C18H27N3O2/c1-18(19)10-4-2-6-15(18)17(22)21-12-8-14(9-13-21)23-16-7-3-5-11-20-16/h3,5,7,11,14-15H,2,4,6,8-10,12-13,19H2,1H3. The number of pyridine rings is 1. The van der Waals surface area contributed by atoms with Crippen molar-refractivity contribution in [3.05, 3.63) is 24.4 Å². The third-order valence-corrected chi connectivity index (χ3v) is 5.23. The number of aromatic nitrogens is 1. The van der Waals surface area contributed by atoms with Crippen molar-refractivity contribution < 1.29 is 9.53 Å². The first kappa shape index (κ1) is 16.2. The zero-order chi connectivity index (χ0) is 16.3. The highest BCUT2D eigenvalue weighted by Gasteiger charge is 2.40. The van der Waals surface area contributed by atoms with Gasteiger partial charge in [-0.25, -0.2) is 4.98 Å². The first-order valence-electron chi connectivity index (χ1n) is 8.71. The minimum Gasteiger partial charge on any atom is -0.474 e. The predicted molar refractivity (Wildman–Crippen MR) is 89.0 cm³/mol. The van der Waals surface area contributed by atoms with Crippen LogP contribution in [0.25, 0.3) is 0 Å². The van der Waals surface area contributed by atoms with E-state index in [9.17, 15) is 4.79 Å². The van der Waals surface area contributed by atoms with Crippen molar-refractivity contribution in [1.29, 1.82) is 0 Å². The second-order valence-electron chi connectivity index (χ2n) is 7.11. The van der Waals surface area contributed by atoms with Crippen molar-refractivity contribution in [2.45, 2.75) is 57.1 Å². The fraction of sp³-hybridized carbons (Fsp3) is 0.667. The van der Waals surface area contributed by atoms with Crippen LogP contribution in [0, 0.1) is 5.92 Å². The average Bonchev–Trinajstić information content (AvgIpc) is 2.55. The summed E-state index contributed by atoms with van der Waals surface area (Å²) in [6.45, 7) is 3.54. The molecule has 1 aliphatic carbocycles. The number of hydrogen-bond acceptors (Lipinski definition) is 4. The molecule has 0 spiro atoms. The molecule has 1 aromatic rings. The zero-order valence-corrected chi connectivity index (χ0v) is 13.9. The molecule has 1 saturated heterocycles. The van der Waals surface area contributed by atoms with Crippen LogP contribution in [0.1, 0.15) is 45.4 Å². The van der Waals surface area contributed by atoms with Crippen molar-refractivity contribution in [3.63, 3.8) is 0 Å². The molecule has 5 heteroatoms. The summed E-state index contributed by atoms with van der Waals surface area (Å²) < 4.78 is 5.90. The highest BCUT2D eigenvalue weighted by molar-refractivity contribution is 5.80. The lowest BCUT2D eigenvalue weighted by Gasteiger charge is -2.41. The molecule has 1 aromatic heterocycles. The van der Waals surface area contributed by atoms with Crippen LogP contribution in [0.3, 0.4) is 0 Å². The summed E-state index contributed by atoms with van der Waals surface area (Å²) >= 11 is 0. The molecule has 0 bridgehead atoms. The van der Waals surface area contributed by atoms with Gasteiger partial charge in [-0.1, -0.05) is 18.9 Å². The van der Waals surface area contributed by atoms with E-state index in [2.05, 4.69) is 4.98 Å². The SMILES string of the molecule is CC1(N)CCCCC1C(=O)N1CCC(Oc2ccccn2)CC1. The summed E-state index contributed by atoms with van der Waals surface area (Å²) in [7, 11) is 0. The zero-order valence-electron chi connectivity index (χ0n) is 13.9. The Morgan fingerprint density at radius 1 is 1.30 bits per heavy atom. The number of carbonyl (C=O) groups is 1. The van der Waals surface area contributed by atoms with Crippen LogP contribution in [0.15, 0.2) is 24.4 Å².